The van der Waals surface area contributed by atoms with Gasteiger partial charge in [0.25, 0.3) is 0 Å². The molecule has 0 N–H and O–H groups in total. The largest absolute Gasteiger partial charge is 0.338 e. The molecule has 0 aromatic carbocycles. The van der Waals surface area contributed by atoms with Crippen molar-refractivity contribution >= 4 is 11.8 Å². The van der Waals surface area contributed by atoms with E-state index in [9.17, 15) is 0 Å². The van der Waals surface area contributed by atoms with Crippen LogP contribution in [0.2, 0.25) is 0 Å². The van der Waals surface area contributed by atoms with Crippen molar-refractivity contribution in [3.63, 3.8) is 0 Å². The third-order valence-corrected chi connectivity index (χ3v) is 4.15. The highest BCUT2D eigenvalue weighted by atomic mass is 32.2. The zero-order valence-corrected chi connectivity index (χ0v) is 13.6. The quantitative estimate of drug-likeness (QED) is 0.550. The molecule has 2 rings (SSSR count). The predicted octanol–water partition coefficient (Wildman–Crippen LogP) is 3.35. The Hall–Kier alpha value is -1.63. The molecule has 2 heterocycles. The smallest absolute Gasteiger partial charge is 0.239 e. The first-order valence-corrected chi connectivity index (χ1v) is 8.03. The van der Waals surface area contributed by atoms with Gasteiger partial charge >= 0.3 is 0 Å². The van der Waals surface area contributed by atoms with E-state index in [4.69, 9.17) is 4.52 Å². The van der Waals surface area contributed by atoms with Crippen molar-refractivity contribution in [1.82, 2.24) is 24.9 Å². The van der Waals surface area contributed by atoms with Gasteiger partial charge in [-0.25, -0.2) is 0 Å². The number of hydrogen-bond acceptors (Lipinski definition) is 6. The Bertz CT molecular complexity index is 592. The van der Waals surface area contributed by atoms with Crippen molar-refractivity contribution in [1.29, 1.82) is 0 Å². The monoisotopic (exact) mass is 307 g/mol. The first-order chi connectivity index (χ1) is 10.2. The second-order valence-electron chi connectivity index (χ2n) is 4.84. The van der Waals surface area contributed by atoms with Crippen LogP contribution < -0.4 is 0 Å². The molecule has 0 aliphatic rings. The third kappa shape index (κ3) is 3.93. The fourth-order valence-corrected chi connectivity index (χ4v) is 2.80. The van der Waals surface area contributed by atoms with Gasteiger partial charge in [-0.1, -0.05) is 36.3 Å². The molecule has 0 fully saturated rings. The molecule has 114 valence electrons. The lowest BCUT2D eigenvalue weighted by atomic mass is 10.2. The van der Waals surface area contributed by atoms with Crippen LogP contribution in [0.15, 0.2) is 22.3 Å². The second-order valence-corrected chi connectivity index (χ2v) is 6.15. The van der Waals surface area contributed by atoms with Crippen LogP contribution in [0.1, 0.15) is 49.5 Å². The van der Waals surface area contributed by atoms with Gasteiger partial charge in [0.1, 0.15) is 5.82 Å². The molecule has 0 radical (unpaired) electrons. The lowest BCUT2D eigenvalue weighted by Gasteiger charge is -2.07. The molecule has 0 aliphatic heterocycles. The Morgan fingerprint density at radius 3 is 2.95 bits per heavy atom. The number of nitrogens with zero attached hydrogens (tertiary/aromatic N) is 5. The number of aromatic nitrogens is 5. The second kappa shape index (κ2) is 7.40. The minimum Gasteiger partial charge on any atom is -0.338 e. The van der Waals surface area contributed by atoms with Crippen LogP contribution in [0.3, 0.4) is 0 Å². The summed E-state index contributed by atoms with van der Waals surface area (Å²) in [7, 11) is 0. The minimum absolute atomic E-state index is 0.0417. The maximum atomic E-state index is 5.34. The van der Waals surface area contributed by atoms with Gasteiger partial charge in [0, 0.05) is 13.0 Å². The summed E-state index contributed by atoms with van der Waals surface area (Å²) >= 11 is 1.57. The number of hydrogen-bond donors (Lipinski definition) is 0. The van der Waals surface area contributed by atoms with E-state index in [0.717, 1.165) is 36.1 Å². The molecule has 0 bridgehead atoms. The zero-order valence-electron chi connectivity index (χ0n) is 12.7. The minimum atomic E-state index is 0.0417. The highest BCUT2D eigenvalue weighted by Crippen LogP contribution is 2.33. The van der Waals surface area contributed by atoms with Crippen molar-refractivity contribution in [2.45, 2.75) is 57.0 Å². The molecule has 2 aromatic heterocycles. The molecule has 1 atom stereocenters. The van der Waals surface area contributed by atoms with Crippen LogP contribution in [0.25, 0.3) is 0 Å². The topological polar surface area (TPSA) is 69.6 Å². The van der Waals surface area contributed by atoms with Crippen LogP contribution in [-0.2, 0) is 13.0 Å². The van der Waals surface area contributed by atoms with Crippen LogP contribution >= 0.6 is 11.8 Å². The molecule has 0 amide bonds. The van der Waals surface area contributed by atoms with Gasteiger partial charge in [0.15, 0.2) is 11.0 Å². The number of unbranched alkanes of at least 4 members (excludes halogenated alkanes) is 1. The van der Waals surface area contributed by atoms with Gasteiger partial charge in [0.05, 0.1) is 5.25 Å². The number of allylic oxidation sites excluding steroid dienone is 1. The maximum Gasteiger partial charge on any atom is 0.239 e. The van der Waals surface area contributed by atoms with Gasteiger partial charge in [0.2, 0.25) is 5.89 Å². The molecule has 6 nitrogen and oxygen atoms in total. The van der Waals surface area contributed by atoms with Crippen molar-refractivity contribution in [3.8, 4) is 0 Å². The SMILES string of the molecule is C=CCn1c(C)nnc1SC(C)c1nc(CCCC)no1. The van der Waals surface area contributed by atoms with Crippen LogP contribution in [-0.4, -0.2) is 24.9 Å². The Labute approximate surface area is 129 Å². The van der Waals surface area contributed by atoms with Crippen molar-refractivity contribution in [3.05, 3.63) is 30.2 Å². The van der Waals surface area contributed by atoms with E-state index in [1.165, 1.54) is 0 Å². The van der Waals surface area contributed by atoms with Crippen molar-refractivity contribution in [2.75, 3.05) is 0 Å². The molecular formula is C14H21N5OS. The summed E-state index contributed by atoms with van der Waals surface area (Å²) in [5, 5.41) is 13.2. The summed E-state index contributed by atoms with van der Waals surface area (Å²) in [5.41, 5.74) is 0. The number of rotatable bonds is 8. The molecule has 0 saturated heterocycles. The predicted molar refractivity (Wildman–Crippen MR) is 82.1 cm³/mol. The average Bonchev–Trinajstić information content (AvgIpc) is 3.07. The zero-order chi connectivity index (χ0) is 15.2. The highest BCUT2D eigenvalue weighted by Gasteiger charge is 2.19. The maximum absolute atomic E-state index is 5.34. The highest BCUT2D eigenvalue weighted by molar-refractivity contribution is 7.99. The Morgan fingerprint density at radius 2 is 2.24 bits per heavy atom. The summed E-state index contributed by atoms with van der Waals surface area (Å²) in [4.78, 5) is 4.45. The molecule has 2 aromatic rings. The lowest BCUT2D eigenvalue weighted by molar-refractivity contribution is 0.374. The van der Waals surface area contributed by atoms with Gasteiger partial charge in [-0.15, -0.1) is 16.8 Å². The standard InChI is InChI=1S/C14H21N5OS/c1-5-7-8-12-15-13(20-18-12)10(3)21-14-17-16-11(4)19(14)9-6-2/h6,10H,2,5,7-9H2,1,3-4H3. The molecule has 0 spiro atoms. The molecule has 1 unspecified atom stereocenters. The first kappa shape index (κ1) is 15.8. The summed E-state index contributed by atoms with van der Waals surface area (Å²) in [5.74, 6) is 2.29. The number of thioether (sulfide) groups is 1. The normalized spacial score (nSPS) is 12.5. The third-order valence-electron chi connectivity index (χ3n) is 3.08. The molecule has 7 heteroatoms. The Kier molecular flexibility index (Phi) is 5.55. The average molecular weight is 307 g/mol. The first-order valence-electron chi connectivity index (χ1n) is 7.15. The van der Waals surface area contributed by atoms with Crippen molar-refractivity contribution in [2.24, 2.45) is 0 Å². The molecule has 21 heavy (non-hydrogen) atoms. The van der Waals surface area contributed by atoms with Gasteiger partial charge in [-0.3, -0.25) is 0 Å². The van der Waals surface area contributed by atoms with E-state index >= 15 is 0 Å². The molecule has 0 aliphatic carbocycles. The van der Waals surface area contributed by atoms with E-state index < -0.39 is 0 Å². The van der Waals surface area contributed by atoms with E-state index in [2.05, 4.69) is 33.8 Å². The van der Waals surface area contributed by atoms with Crippen LogP contribution in [0, 0.1) is 6.92 Å². The van der Waals surface area contributed by atoms with Gasteiger partial charge in [-0.05, 0) is 20.3 Å². The summed E-state index contributed by atoms with van der Waals surface area (Å²) in [6.45, 7) is 10.6. The Balaban J connectivity index is 2.05. The molecule has 0 saturated carbocycles. The van der Waals surface area contributed by atoms with E-state index in [0.29, 0.717) is 12.4 Å². The van der Waals surface area contributed by atoms with Crippen LogP contribution in [0.5, 0.6) is 0 Å². The lowest BCUT2D eigenvalue weighted by Crippen LogP contribution is -2.01. The number of aryl methyl sites for hydroxylation is 2. The van der Waals surface area contributed by atoms with Crippen molar-refractivity contribution < 1.29 is 4.52 Å². The van der Waals surface area contributed by atoms with E-state index in [-0.39, 0.29) is 5.25 Å². The van der Waals surface area contributed by atoms with E-state index in [1.54, 1.807) is 11.8 Å². The fourth-order valence-electron chi connectivity index (χ4n) is 1.87. The summed E-state index contributed by atoms with van der Waals surface area (Å²) < 4.78 is 7.36. The molecular weight excluding hydrogens is 286 g/mol. The van der Waals surface area contributed by atoms with Gasteiger partial charge in [-0.2, -0.15) is 4.98 Å². The Morgan fingerprint density at radius 1 is 1.43 bits per heavy atom. The van der Waals surface area contributed by atoms with E-state index in [1.807, 2.05) is 24.5 Å². The fraction of sp³-hybridized carbons (Fsp3) is 0.571. The van der Waals surface area contributed by atoms with Crippen LogP contribution in [0.4, 0.5) is 0 Å². The summed E-state index contributed by atoms with van der Waals surface area (Å²) in [6.07, 6.45) is 4.90. The summed E-state index contributed by atoms with van der Waals surface area (Å²) in [6, 6.07) is 0. The van der Waals surface area contributed by atoms with Gasteiger partial charge < -0.3 is 9.09 Å².